The number of aliphatic hydroxyl groups is 1. The van der Waals surface area contributed by atoms with E-state index in [9.17, 15) is 0 Å². The highest BCUT2D eigenvalue weighted by atomic mass is 16.5. The second-order valence-corrected chi connectivity index (χ2v) is 3.77. The van der Waals surface area contributed by atoms with E-state index in [0.29, 0.717) is 19.3 Å². The summed E-state index contributed by atoms with van der Waals surface area (Å²) < 4.78 is 7.34. The van der Waals surface area contributed by atoms with Crippen LogP contribution in [0.4, 0.5) is 0 Å². The van der Waals surface area contributed by atoms with Gasteiger partial charge in [-0.1, -0.05) is 6.92 Å². The van der Waals surface area contributed by atoms with Crippen LogP contribution in [0, 0.1) is 0 Å². The van der Waals surface area contributed by atoms with Crippen LogP contribution in [0.25, 0.3) is 0 Å². The van der Waals surface area contributed by atoms with Crippen LogP contribution in [0.3, 0.4) is 0 Å². The van der Waals surface area contributed by atoms with E-state index in [-0.39, 0.29) is 6.61 Å². The van der Waals surface area contributed by atoms with Gasteiger partial charge in [-0.2, -0.15) is 0 Å². The maximum atomic E-state index is 8.56. The maximum absolute atomic E-state index is 8.56. The molecule has 1 heterocycles. The van der Waals surface area contributed by atoms with Gasteiger partial charge in [-0.05, 0) is 25.1 Å². The Bertz CT molecular complexity index is 282. The van der Waals surface area contributed by atoms with E-state index in [1.54, 1.807) is 0 Å². The molecule has 4 nitrogen and oxygen atoms in total. The Labute approximate surface area is 97.2 Å². The van der Waals surface area contributed by atoms with Gasteiger partial charge in [0.25, 0.3) is 0 Å². The van der Waals surface area contributed by atoms with Gasteiger partial charge < -0.3 is 19.7 Å². The molecule has 1 aromatic heterocycles. The predicted octanol–water partition coefficient (Wildman–Crippen LogP) is 1.17. The molecule has 0 aliphatic carbocycles. The smallest absolute Gasteiger partial charge is 0.0698 e. The number of hydrogen-bond acceptors (Lipinski definition) is 3. The molecule has 92 valence electrons. The number of aliphatic hydroxyl groups excluding tert-OH is 1. The summed E-state index contributed by atoms with van der Waals surface area (Å²) in [5.74, 6) is 0. The normalized spacial score (nSPS) is 12.9. The minimum atomic E-state index is 0.0919. The van der Waals surface area contributed by atoms with E-state index in [1.165, 1.54) is 5.56 Å². The quantitative estimate of drug-likeness (QED) is 0.654. The third-order valence-corrected chi connectivity index (χ3v) is 2.66. The summed E-state index contributed by atoms with van der Waals surface area (Å²) in [5.41, 5.74) is 1.31. The summed E-state index contributed by atoms with van der Waals surface area (Å²) >= 11 is 0. The van der Waals surface area contributed by atoms with Gasteiger partial charge >= 0.3 is 0 Å². The van der Waals surface area contributed by atoms with E-state index in [4.69, 9.17) is 9.84 Å². The lowest BCUT2D eigenvalue weighted by Crippen LogP contribution is -2.14. The highest BCUT2D eigenvalue weighted by Crippen LogP contribution is 2.15. The van der Waals surface area contributed by atoms with Gasteiger partial charge in [-0.3, -0.25) is 0 Å². The zero-order valence-electron chi connectivity index (χ0n) is 10.1. The molecule has 0 aliphatic rings. The SMILES string of the molecule is CCC(NC)c1ccn(CCOCCO)c1. The first-order valence-corrected chi connectivity index (χ1v) is 5.83. The van der Waals surface area contributed by atoms with Crippen LogP contribution < -0.4 is 5.32 Å². The second kappa shape index (κ2) is 7.44. The lowest BCUT2D eigenvalue weighted by Gasteiger charge is -2.11. The van der Waals surface area contributed by atoms with Crippen molar-refractivity contribution in [2.45, 2.75) is 25.9 Å². The summed E-state index contributed by atoms with van der Waals surface area (Å²) in [6.07, 6.45) is 5.30. The molecule has 1 atom stereocenters. The standard InChI is InChI=1S/C12H22N2O2/c1-3-12(13-2)11-4-5-14(10-11)6-8-16-9-7-15/h4-5,10,12-13,15H,3,6-9H2,1-2H3. The predicted molar refractivity (Wildman–Crippen MR) is 64.4 cm³/mol. The molecule has 2 N–H and O–H groups in total. The zero-order valence-corrected chi connectivity index (χ0v) is 10.1. The number of hydrogen-bond donors (Lipinski definition) is 2. The largest absolute Gasteiger partial charge is 0.394 e. The van der Waals surface area contributed by atoms with Gasteiger partial charge in [0.1, 0.15) is 0 Å². The molecular weight excluding hydrogens is 204 g/mol. The summed E-state index contributed by atoms with van der Waals surface area (Å²) in [6.45, 7) is 4.16. The molecule has 0 radical (unpaired) electrons. The van der Waals surface area contributed by atoms with Gasteiger partial charge in [0, 0.05) is 25.0 Å². The molecule has 4 heteroatoms. The monoisotopic (exact) mass is 226 g/mol. The average Bonchev–Trinajstić information content (AvgIpc) is 2.75. The summed E-state index contributed by atoms with van der Waals surface area (Å²) in [6, 6.07) is 2.57. The minimum absolute atomic E-state index is 0.0919. The zero-order chi connectivity index (χ0) is 11.8. The number of rotatable bonds is 8. The lowest BCUT2D eigenvalue weighted by molar-refractivity contribution is 0.0870. The van der Waals surface area contributed by atoms with Crippen molar-refractivity contribution >= 4 is 0 Å². The van der Waals surface area contributed by atoms with Crippen LogP contribution in [-0.4, -0.2) is 36.5 Å². The first-order chi connectivity index (χ1) is 7.81. The number of ether oxygens (including phenoxy) is 1. The Kier molecular flexibility index (Phi) is 6.15. The first-order valence-electron chi connectivity index (χ1n) is 5.83. The topological polar surface area (TPSA) is 46.4 Å². The van der Waals surface area contributed by atoms with Crippen molar-refractivity contribution in [3.05, 3.63) is 24.0 Å². The van der Waals surface area contributed by atoms with Crippen LogP contribution in [0.5, 0.6) is 0 Å². The van der Waals surface area contributed by atoms with E-state index in [1.807, 2.05) is 7.05 Å². The van der Waals surface area contributed by atoms with Gasteiger partial charge in [0.05, 0.1) is 19.8 Å². The van der Waals surface area contributed by atoms with Crippen molar-refractivity contribution in [2.24, 2.45) is 0 Å². The molecule has 0 amide bonds. The molecule has 0 bridgehead atoms. The first kappa shape index (κ1) is 13.2. The Balaban J connectivity index is 2.38. The van der Waals surface area contributed by atoms with Crippen molar-refractivity contribution in [3.8, 4) is 0 Å². The van der Waals surface area contributed by atoms with Crippen LogP contribution >= 0.6 is 0 Å². The van der Waals surface area contributed by atoms with Crippen molar-refractivity contribution in [3.63, 3.8) is 0 Å². The van der Waals surface area contributed by atoms with E-state index < -0.39 is 0 Å². The molecule has 16 heavy (non-hydrogen) atoms. The summed E-state index contributed by atoms with van der Waals surface area (Å²) in [7, 11) is 1.98. The Morgan fingerprint density at radius 2 is 2.31 bits per heavy atom. The fraction of sp³-hybridized carbons (Fsp3) is 0.667. The van der Waals surface area contributed by atoms with Crippen molar-refractivity contribution in [1.29, 1.82) is 0 Å². The molecular formula is C12H22N2O2. The molecule has 0 saturated heterocycles. The lowest BCUT2D eigenvalue weighted by atomic mass is 10.1. The highest BCUT2D eigenvalue weighted by Gasteiger charge is 2.07. The van der Waals surface area contributed by atoms with Gasteiger partial charge in [0.15, 0.2) is 0 Å². The summed E-state index contributed by atoms with van der Waals surface area (Å²) in [4.78, 5) is 0. The van der Waals surface area contributed by atoms with E-state index in [2.05, 4.69) is 35.3 Å². The molecule has 0 aliphatic heterocycles. The number of nitrogens with zero attached hydrogens (tertiary/aromatic N) is 1. The van der Waals surface area contributed by atoms with Crippen molar-refractivity contribution in [2.75, 3.05) is 26.9 Å². The minimum Gasteiger partial charge on any atom is -0.394 e. The number of nitrogens with one attached hydrogen (secondary N) is 1. The van der Waals surface area contributed by atoms with Crippen LogP contribution in [0.15, 0.2) is 18.5 Å². The second-order valence-electron chi connectivity index (χ2n) is 3.77. The molecule has 0 fully saturated rings. The van der Waals surface area contributed by atoms with Gasteiger partial charge in [-0.25, -0.2) is 0 Å². The fourth-order valence-electron chi connectivity index (χ4n) is 1.75. The Morgan fingerprint density at radius 3 is 2.94 bits per heavy atom. The summed E-state index contributed by atoms with van der Waals surface area (Å²) in [5, 5.41) is 11.8. The molecule has 0 aromatic carbocycles. The molecule has 0 saturated carbocycles. The van der Waals surface area contributed by atoms with Gasteiger partial charge in [-0.15, -0.1) is 0 Å². The fourth-order valence-corrected chi connectivity index (χ4v) is 1.75. The average molecular weight is 226 g/mol. The molecule has 0 spiro atoms. The maximum Gasteiger partial charge on any atom is 0.0698 e. The van der Waals surface area contributed by atoms with Crippen LogP contribution in [0.1, 0.15) is 24.9 Å². The van der Waals surface area contributed by atoms with Crippen molar-refractivity contribution in [1.82, 2.24) is 9.88 Å². The number of aromatic nitrogens is 1. The molecule has 1 rings (SSSR count). The van der Waals surface area contributed by atoms with E-state index in [0.717, 1.165) is 13.0 Å². The van der Waals surface area contributed by atoms with Crippen LogP contribution in [0.2, 0.25) is 0 Å². The van der Waals surface area contributed by atoms with Gasteiger partial charge in [0.2, 0.25) is 0 Å². The highest BCUT2D eigenvalue weighted by molar-refractivity contribution is 5.15. The Hall–Kier alpha value is -0.840. The molecule has 1 unspecified atom stereocenters. The Morgan fingerprint density at radius 1 is 1.50 bits per heavy atom. The van der Waals surface area contributed by atoms with Crippen LogP contribution in [-0.2, 0) is 11.3 Å². The third kappa shape index (κ3) is 3.96. The van der Waals surface area contributed by atoms with E-state index >= 15 is 0 Å². The van der Waals surface area contributed by atoms with Crippen molar-refractivity contribution < 1.29 is 9.84 Å². The third-order valence-electron chi connectivity index (χ3n) is 2.66. The molecule has 1 aromatic rings.